The molecule has 0 aliphatic heterocycles. The zero-order valence-corrected chi connectivity index (χ0v) is 14.0. The second kappa shape index (κ2) is 7.90. The van der Waals surface area contributed by atoms with Gasteiger partial charge in [-0.05, 0) is 36.3 Å². The van der Waals surface area contributed by atoms with Crippen LogP contribution in [0.25, 0.3) is 0 Å². The Labute approximate surface area is 147 Å². The summed E-state index contributed by atoms with van der Waals surface area (Å²) >= 11 is 0. The first-order valence-electron chi connectivity index (χ1n) is 8.53. The Balaban J connectivity index is 1.83. The first kappa shape index (κ1) is 17.1. The van der Waals surface area contributed by atoms with E-state index in [9.17, 15) is 9.90 Å². The molecule has 0 fully saturated rings. The van der Waals surface area contributed by atoms with Crippen LogP contribution in [0.1, 0.15) is 30.4 Å². The molecule has 1 aliphatic carbocycles. The standard InChI is InChI=1S/C21H22N2O2/c24-20(23-22-16-17-10-4-1-5-11-17)21(25,18-12-6-2-7-13-18)19-14-8-3-9-15-19/h1-4,6-9,12-17,25H,5,10-11H2,(H,23,24)/b22-16-/t17-/m1/s1. The van der Waals surface area contributed by atoms with Crippen molar-refractivity contribution in [2.45, 2.75) is 24.9 Å². The average Bonchev–Trinajstić information content (AvgIpc) is 2.69. The molecule has 1 aliphatic rings. The number of allylic oxidation sites excluding steroid dienone is 2. The first-order valence-corrected chi connectivity index (χ1v) is 8.53. The highest BCUT2D eigenvalue weighted by molar-refractivity contribution is 5.90. The van der Waals surface area contributed by atoms with Crippen molar-refractivity contribution in [1.82, 2.24) is 5.43 Å². The Bertz CT molecular complexity index is 714. The van der Waals surface area contributed by atoms with Crippen LogP contribution >= 0.6 is 0 Å². The number of hydrogen-bond acceptors (Lipinski definition) is 3. The van der Waals surface area contributed by atoms with Gasteiger partial charge in [0, 0.05) is 6.21 Å². The van der Waals surface area contributed by atoms with E-state index in [1.165, 1.54) is 0 Å². The van der Waals surface area contributed by atoms with Gasteiger partial charge >= 0.3 is 0 Å². The summed E-state index contributed by atoms with van der Waals surface area (Å²) in [7, 11) is 0. The molecule has 4 heteroatoms. The van der Waals surface area contributed by atoms with Crippen LogP contribution in [0.2, 0.25) is 0 Å². The van der Waals surface area contributed by atoms with Crippen molar-refractivity contribution in [3.05, 3.63) is 83.9 Å². The highest BCUT2D eigenvalue weighted by Gasteiger charge is 2.39. The third kappa shape index (κ3) is 3.86. The lowest BCUT2D eigenvalue weighted by Gasteiger charge is -2.27. The molecule has 25 heavy (non-hydrogen) atoms. The Morgan fingerprint density at radius 3 is 2.16 bits per heavy atom. The Hall–Kier alpha value is -2.72. The highest BCUT2D eigenvalue weighted by atomic mass is 16.3. The third-order valence-electron chi connectivity index (χ3n) is 4.47. The Morgan fingerprint density at radius 2 is 1.64 bits per heavy atom. The molecule has 0 bridgehead atoms. The van der Waals surface area contributed by atoms with Crippen molar-refractivity contribution >= 4 is 12.1 Å². The zero-order chi connectivity index (χ0) is 17.5. The largest absolute Gasteiger partial charge is 0.372 e. The number of amides is 1. The lowest BCUT2D eigenvalue weighted by Crippen LogP contribution is -2.43. The minimum Gasteiger partial charge on any atom is -0.372 e. The molecule has 2 N–H and O–H groups in total. The number of hydrazone groups is 1. The summed E-state index contributed by atoms with van der Waals surface area (Å²) < 4.78 is 0. The van der Waals surface area contributed by atoms with Gasteiger partial charge in [-0.2, -0.15) is 5.10 Å². The molecule has 2 aromatic carbocycles. The summed E-state index contributed by atoms with van der Waals surface area (Å²) in [6.07, 6.45) is 9.04. The van der Waals surface area contributed by atoms with Gasteiger partial charge in [0.15, 0.2) is 5.60 Å². The monoisotopic (exact) mass is 334 g/mol. The fraction of sp³-hybridized carbons (Fsp3) is 0.238. The fourth-order valence-corrected chi connectivity index (χ4v) is 3.02. The molecular formula is C21H22N2O2. The van der Waals surface area contributed by atoms with Crippen LogP contribution in [0.3, 0.4) is 0 Å². The number of rotatable bonds is 5. The second-order valence-electron chi connectivity index (χ2n) is 6.21. The van der Waals surface area contributed by atoms with Crippen molar-refractivity contribution in [2.24, 2.45) is 11.0 Å². The van der Waals surface area contributed by atoms with E-state index in [0.717, 1.165) is 19.3 Å². The van der Waals surface area contributed by atoms with Gasteiger partial charge in [0.2, 0.25) is 0 Å². The third-order valence-corrected chi connectivity index (χ3v) is 4.47. The first-order chi connectivity index (χ1) is 12.2. The zero-order valence-electron chi connectivity index (χ0n) is 14.0. The number of nitrogens with zero attached hydrogens (tertiary/aromatic N) is 1. The molecule has 1 atom stereocenters. The van der Waals surface area contributed by atoms with Gasteiger partial charge in [0.25, 0.3) is 5.91 Å². The maximum atomic E-state index is 12.8. The maximum absolute atomic E-state index is 12.8. The van der Waals surface area contributed by atoms with E-state index < -0.39 is 11.5 Å². The van der Waals surface area contributed by atoms with Crippen LogP contribution in [-0.2, 0) is 10.4 Å². The lowest BCUT2D eigenvalue weighted by molar-refractivity contribution is -0.136. The molecule has 2 aromatic rings. The molecule has 0 unspecified atom stereocenters. The molecule has 3 rings (SSSR count). The Kier molecular flexibility index (Phi) is 5.41. The molecule has 1 amide bonds. The number of nitrogens with one attached hydrogen (secondary N) is 1. The van der Waals surface area contributed by atoms with E-state index in [0.29, 0.717) is 17.0 Å². The van der Waals surface area contributed by atoms with E-state index in [2.05, 4.69) is 22.7 Å². The predicted octanol–water partition coefficient (Wildman–Crippen LogP) is 3.38. The van der Waals surface area contributed by atoms with Crippen molar-refractivity contribution in [1.29, 1.82) is 0 Å². The van der Waals surface area contributed by atoms with Crippen molar-refractivity contribution < 1.29 is 9.90 Å². The van der Waals surface area contributed by atoms with Crippen LogP contribution in [-0.4, -0.2) is 17.2 Å². The van der Waals surface area contributed by atoms with Crippen LogP contribution in [0, 0.1) is 5.92 Å². The SMILES string of the molecule is O=C(N/N=C\[C@@H]1CC=CCC1)C(O)(c1ccccc1)c1ccccc1. The van der Waals surface area contributed by atoms with E-state index in [4.69, 9.17) is 0 Å². The number of hydrogen-bond donors (Lipinski definition) is 2. The van der Waals surface area contributed by atoms with Crippen LogP contribution in [0.5, 0.6) is 0 Å². The van der Waals surface area contributed by atoms with Gasteiger partial charge < -0.3 is 5.11 Å². The van der Waals surface area contributed by atoms with Gasteiger partial charge in [0.1, 0.15) is 0 Å². The van der Waals surface area contributed by atoms with Crippen molar-refractivity contribution in [3.8, 4) is 0 Å². The van der Waals surface area contributed by atoms with Crippen LogP contribution in [0.4, 0.5) is 0 Å². The molecule has 0 spiro atoms. The van der Waals surface area contributed by atoms with Crippen molar-refractivity contribution in [2.75, 3.05) is 0 Å². The number of carbonyl (C=O) groups excluding carboxylic acids is 1. The van der Waals surface area contributed by atoms with Crippen molar-refractivity contribution in [3.63, 3.8) is 0 Å². The molecule has 0 aromatic heterocycles. The van der Waals surface area contributed by atoms with Gasteiger partial charge in [-0.15, -0.1) is 0 Å². The summed E-state index contributed by atoms with van der Waals surface area (Å²) in [6, 6.07) is 17.8. The summed E-state index contributed by atoms with van der Waals surface area (Å²) in [5.74, 6) is -0.237. The van der Waals surface area contributed by atoms with Gasteiger partial charge in [-0.3, -0.25) is 4.79 Å². The summed E-state index contributed by atoms with van der Waals surface area (Å²) in [6.45, 7) is 0. The lowest BCUT2D eigenvalue weighted by atomic mass is 9.85. The normalized spacial score (nSPS) is 17.6. The molecule has 128 valence electrons. The number of aliphatic hydroxyl groups is 1. The minimum absolute atomic E-state index is 0.326. The molecule has 0 heterocycles. The second-order valence-corrected chi connectivity index (χ2v) is 6.21. The van der Waals surface area contributed by atoms with Crippen LogP contribution < -0.4 is 5.43 Å². The van der Waals surface area contributed by atoms with E-state index in [1.807, 2.05) is 12.1 Å². The van der Waals surface area contributed by atoms with E-state index >= 15 is 0 Å². The van der Waals surface area contributed by atoms with E-state index in [-0.39, 0.29) is 0 Å². The number of benzene rings is 2. The summed E-state index contributed by atoms with van der Waals surface area (Å²) in [4.78, 5) is 12.8. The minimum atomic E-state index is -1.79. The average molecular weight is 334 g/mol. The predicted molar refractivity (Wildman–Crippen MR) is 99.0 cm³/mol. The topological polar surface area (TPSA) is 61.7 Å². The molecular weight excluding hydrogens is 312 g/mol. The quantitative estimate of drug-likeness (QED) is 0.500. The molecule has 0 saturated carbocycles. The number of carbonyl (C=O) groups is 1. The van der Waals surface area contributed by atoms with Gasteiger partial charge in [-0.1, -0.05) is 72.8 Å². The smallest absolute Gasteiger partial charge is 0.281 e. The molecule has 4 nitrogen and oxygen atoms in total. The molecule has 0 saturated heterocycles. The summed E-state index contributed by atoms with van der Waals surface area (Å²) in [5, 5.41) is 15.4. The van der Waals surface area contributed by atoms with Gasteiger partial charge in [0.05, 0.1) is 0 Å². The summed E-state index contributed by atoms with van der Waals surface area (Å²) in [5.41, 5.74) is 1.76. The Morgan fingerprint density at radius 1 is 1.04 bits per heavy atom. The van der Waals surface area contributed by atoms with Gasteiger partial charge in [-0.25, -0.2) is 5.43 Å². The maximum Gasteiger partial charge on any atom is 0.281 e. The van der Waals surface area contributed by atoms with E-state index in [1.54, 1.807) is 54.7 Å². The fourth-order valence-electron chi connectivity index (χ4n) is 3.02. The molecule has 0 radical (unpaired) electrons. The highest BCUT2D eigenvalue weighted by Crippen LogP contribution is 2.29. The van der Waals surface area contributed by atoms with Crippen LogP contribution in [0.15, 0.2) is 77.9 Å².